The number of carbonyl (C=O) groups excluding carboxylic acids is 8. The summed E-state index contributed by atoms with van der Waals surface area (Å²) in [4.78, 5) is 119. The number of amides is 6. The molecule has 3 aliphatic heterocycles. The fraction of sp³-hybridized carbons (Fsp3) is 0.708. The highest BCUT2D eigenvalue weighted by atomic mass is 16.7. The normalized spacial score (nSPS) is 34.0. The van der Waals surface area contributed by atoms with Crippen LogP contribution in [0.1, 0.15) is 198 Å². The van der Waals surface area contributed by atoms with Crippen LogP contribution in [0.2, 0.25) is 0 Å². The summed E-state index contributed by atoms with van der Waals surface area (Å²) in [5.74, 6) is -7.02. The van der Waals surface area contributed by atoms with Crippen LogP contribution in [-0.4, -0.2) is 99.6 Å². The van der Waals surface area contributed by atoms with Crippen LogP contribution in [0.4, 0.5) is 0 Å². The molecule has 0 aromatic rings. The molecular formula is C65H89N3O12. The first-order chi connectivity index (χ1) is 37.6. The van der Waals surface area contributed by atoms with Gasteiger partial charge >= 0.3 is 17.9 Å². The number of imide groups is 3. The molecule has 0 bridgehead atoms. The number of likely N-dealkylation sites (tertiary alicyclic amines) is 3. The Hall–Kier alpha value is -5.47. The SMILES string of the molecule is CC(C)=CCC/C(C)=C/CCC1=CCC2C(=O)N(CC(=O)O)C(=O)C2C1.CC1(C)CCCC2=C1CCC1CC3C(=O)N(CC(=O)OCOC(=O)CN4C(=O)C5CC6(C)CCC7=C(CCCC7(C)C)C6(C)CC5C4=O)C(=O)C3CC21C. The number of fused-ring (bicyclic) bond motifs is 7. The number of esters is 2. The zero-order valence-corrected chi connectivity index (χ0v) is 49.5. The van der Waals surface area contributed by atoms with Crippen molar-refractivity contribution in [3.05, 3.63) is 57.2 Å². The van der Waals surface area contributed by atoms with Gasteiger partial charge in [-0.2, -0.15) is 0 Å². The lowest BCUT2D eigenvalue weighted by Crippen LogP contribution is -2.52. The smallest absolute Gasteiger partial charge is 0.329 e. The van der Waals surface area contributed by atoms with Crippen LogP contribution in [0.15, 0.2) is 57.2 Å². The maximum Gasteiger partial charge on any atom is 0.329 e. The van der Waals surface area contributed by atoms with Crippen molar-refractivity contribution >= 4 is 53.4 Å². The third kappa shape index (κ3) is 10.9. The van der Waals surface area contributed by atoms with Crippen molar-refractivity contribution in [1.82, 2.24) is 14.7 Å². The lowest BCUT2D eigenvalue weighted by molar-refractivity contribution is -0.172. The lowest BCUT2D eigenvalue weighted by Gasteiger charge is -2.60. The minimum absolute atomic E-state index is 0.110. The van der Waals surface area contributed by atoms with Crippen molar-refractivity contribution in [3.8, 4) is 0 Å². The molecule has 2 saturated carbocycles. The average Bonchev–Trinajstić information content (AvgIpc) is 3.97. The van der Waals surface area contributed by atoms with E-state index in [0.29, 0.717) is 44.4 Å². The highest BCUT2D eigenvalue weighted by Crippen LogP contribution is 2.68. The second kappa shape index (κ2) is 22.4. The second-order valence-corrected chi connectivity index (χ2v) is 28.0. The van der Waals surface area contributed by atoms with Gasteiger partial charge in [-0.25, -0.2) is 0 Å². The Bertz CT molecular complexity index is 2790. The van der Waals surface area contributed by atoms with Gasteiger partial charge in [-0.3, -0.25) is 57.9 Å². The van der Waals surface area contributed by atoms with Gasteiger partial charge in [0.1, 0.15) is 19.6 Å². The average molecular weight is 1100 g/mol. The Labute approximate surface area is 473 Å². The second-order valence-electron chi connectivity index (χ2n) is 28.0. The summed E-state index contributed by atoms with van der Waals surface area (Å²) in [6.07, 6.45) is 24.9. The Morgan fingerprint density at radius 3 is 1.75 bits per heavy atom. The molecule has 15 nitrogen and oxygen atoms in total. The number of nitrogens with zero attached hydrogens (tertiary/aromatic N) is 3. The van der Waals surface area contributed by atoms with E-state index >= 15 is 0 Å². The molecule has 10 atom stereocenters. The highest BCUT2D eigenvalue weighted by Gasteiger charge is 2.64. The molecule has 1 N–H and O–H groups in total. The number of carboxylic acids is 1. The summed E-state index contributed by atoms with van der Waals surface area (Å²) in [6, 6.07) is 0. The maximum absolute atomic E-state index is 13.8. The number of ether oxygens (including phenoxy) is 2. The molecule has 0 aromatic heterocycles. The topological polar surface area (TPSA) is 202 Å². The Morgan fingerprint density at radius 2 is 1.14 bits per heavy atom. The Kier molecular flexibility index (Phi) is 16.5. The van der Waals surface area contributed by atoms with Gasteiger partial charge in [0.15, 0.2) is 0 Å². The van der Waals surface area contributed by atoms with Crippen LogP contribution in [0.25, 0.3) is 0 Å². The van der Waals surface area contributed by atoms with E-state index in [-0.39, 0.29) is 74.4 Å². The van der Waals surface area contributed by atoms with Gasteiger partial charge in [-0.15, -0.1) is 0 Å². The molecule has 0 radical (unpaired) electrons. The van der Waals surface area contributed by atoms with Crippen molar-refractivity contribution in [2.45, 2.75) is 198 Å². The van der Waals surface area contributed by atoms with Gasteiger partial charge in [0.25, 0.3) is 0 Å². The van der Waals surface area contributed by atoms with Gasteiger partial charge in [0.05, 0.1) is 35.5 Å². The van der Waals surface area contributed by atoms with Crippen LogP contribution in [0.5, 0.6) is 0 Å². The first-order valence-corrected chi connectivity index (χ1v) is 30.1. The fourth-order valence-corrected chi connectivity index (χ4v) is 17.2. The van der Waals surface area contributed by atoms with E-state index < -0.39 is 68.0 Å². The maximum atomic E-state index is 13.8. The number of allylic oxidation sites excluding steroid dienone is 10. The van der Waals surface area contributed by atoms with Gasteiger partial charge in [0, 0.05) is 0 Å². The van der Waals surface area contributed by atoms with Crippen LogP contribution in [-0.2, 0) is 52.6 Å². The summed E-state index contributed by atoms with van der Waals surface area (Å²) >= 11 is 0. The summed E-state index contributed by atoms with van der Waals surface area (Å²) < 4.78 is 10.4. The molecule has 15 heteroatoms. The molecule has 80 heavy (non-hydrogen) atoms. The van der Waals surface area contributed by atoms with E-state index in [0.717, 1.165) is 91.7 Å². The molecule has 436 valence electrons. The molecule has 10 aliphatic rings. The summed E-state index contributed by atoms with van der Waals surface area (Å²) in [5, 5.41) is 8.89. The van der Waals surface area contributed by atoms with E-state index in [1.54, 1.807) is 11.1 Å². The van der Waals surface area contributed by atoms with Gasteiger partial charge in [-0.1, -0.05) is 106 Å². The number of aliphatic carboxylic acids is 1. The molecule has 0 aromatic carbocycles. The molecule has 7 aliphatic carbocycles. The minimum atomic E-state index is -1.15. The Balaban J connectivity index is 0.000000250. The van der Waals surface area contributed by atoms with Crippen LogP contribution >= 0.6 is 0 Å². The standard InChI is InChI=1S/C44H60N2O8.C21H29NO4/c1-40(2)15-8-10-32-30(40)13-12-25-18-26-28(20-43(25,32)6)38(51)45(36(26)49)22-34(47)53-24-54-35(48)23-46-37(50)27-19-42(5)17-14-31-33(11-9-16-41(31,3)4)44(42,7)21-29(27)39(46)52;1-14(2)6-4-7-15(3)8-5-9-16-10-11-17-18(12-16)21(26)22(20(17)25)13-19(23)24/h25-29H,8-24H2,1-7H3;6,8,10,17-18H,4-5,7,9,11-13H2,1-3H3,(H,23,24)/b;15-8+. The number of hydrogen-bond donors (Lipinski definition) is 1. The Morgan fingerprint density at radius 1 is 0.600 bits per heavy atom. The molecule has 10 rings (SSSR count). The van der Waals surface area contributed by atoms with Crippen molar-refractivity contribution in [3.63, 3.8) is 0 Å². The van der Waals surface area contributed by atoms with Crippen LogP contribution < -0.4 is 0 Å². The largest absolute Gasteiger partial charge is 0.480 e. The predicted octanol–water partition coefficient (Wildman–Crippen LogP) is 10.9. The van der Waals surface area contributed by atoms with Crippen molar-refractivity contribution < 1.29 is 57.7 Å². The minimum Gasteiger partial charge on any atom is -0.480 e. The summed E-state index contributed by atoms with van der Waals surface area (Å²) in [7, 11) is 0. The zero-order valence-electron chi connectivity index (χ0n) is 49.5. The van der Waals surface area contributed by atoms with Gasteiger partial charge in [-0.05, 0) is 182 Å². The number of hydrogen-bond acceptors (Lipinski definition) is 11. The zero-order chi connectivity index (χ0) is 58.0. The monoisotopic (exact) mass is 1100 g/mol. The van der Waals surface area contributed by atoms with Crippen molar-refractivity contribution in [2.75, 3.05) is 26.4 Å². The number of carboxylic acid groups (broad SMARTS) is 1. The molecule has 10 unspecified atom stereocenters. The number of rotatable bonds is 14. The van der Waals surface area contributed by atoms with Gasteiger partial charge < -0.3 is 14.6 Å². The van der Waals surface area contributed by atoms with Crippen molar-refractivity contribution in [2.24, 2.45) is 68.5 Å². The summed E-state index contributed by atoms with van der Waals surface area (Å²) in [6.45, 7) is 20.2. The molecular weight excluding hydrogens is 1010 g/mol. The fourth-order valence-electron chi connectivity index (χ4n) is 17.2. The number of carbonyl (C=O) groups is 9. The van der Waals surface area contributed by atoms with E-state index in [1.165, 1.54) is 40.7 Å². The van der Waals surface area contributed by atoms with E-state index in [4.69, 9.17) is 14.6 Å². The molecule has 6 amide bonds. The van der Waals surface area contributed by atoms with E-state index in [9.17, 15) is 43.2 Å². The quantitative estimate of drug-likeness (QED) is 0.0747. The van der Waals surface area contributed by atoms with Gasteiger partial charge in [0.2, 0.25) is 42.2 Å². The summed E-state index contributed by atoms with van der Waals surface area (Å²) in [5.41, 5.74) is 9.91. The lowest BCUT2D eigenvalue weighted by atomic mass is 9.44. The first kappa shape index (κ1) is 59.2. The predicted molar refractivity (Wildman–Crippen MR) is 299 cm³/mol. The molecule has 3 heterocycles. The van der Waals surface area contributed by atoms with E-state index in [2.05, 4.69) is 87.5 Å². The van der Waals surface area contributed by atoms with E-state index in [1.807, 2.05) is 0 Å². The van der Waals surface area contributed by atoms with Crippen LogP contribution in [0, 0.1) is 68.5 Å². The first-order valence-electron chi connectivity index (χ1n) is 30.1. The molecule has 0 spiro atoms. The molecule has 5 fully saturated rings. The van der Waals surface area contributed by atoms with Crippen molar-refractivity contribution in [1.29, 1.82) is 0 Å². The van der Waals surface area contributed by atoms with Crippen LogP contribution in [0.3, 0.4) is 0 Å². The third-order valence-corrected chi connectivity index (χ3v) is 22.0. The third-order valence-electron chi connectivity index (χ3n) is 22.0. The highest BCUT2D eigenvalue weighted by molar-refractivity contribution is 6.09. The molecule has 3 saturated heterocycles.